The van der Waals surface area contributed by atoms with E-state index < -0.39 is 6.09 Å². The van der Waals surface area contributed by atoms with Crippen LogP contribution in [0.2, 0.25) is 0 Å². The highest BCUT2D eigenvalue weighted by atomic mass is 16.6. The molecule has 0 heterocycles. The molecule has 0 aromatic heterocycles. The van der Waals surface area contributed by atoms with Crippen molar-refractivity contribution >= 4 is 23.5 Å². The molecule has 23 heavy (non-hydrogen) atoms. The molecule has 3 amide bonds. The highest BCUT2D eigenvalue weighted by molar-refractivity contribution is 5.90. The Bertz CT molecular complexity index is 669. The molecule has 1 N–H and O–H groups in total. The van der Waals surface area contributed by atoms with Crippen LogP contribution in [0.3, 0.4) is 0 Å². The van der Waals surface area contributed by atoms with E-state index in [0.29, 0.717) is 11.4 Å². The third-order valence-electron chi connectivity index (χ3n) is 3.13. The molecule has 120 valence electrons. The number of hydrogen-bond acceptors (Lipinski definition) is 3. The fourth-order valence-electron chi connectivity index (χ4n) is 1.77. The number of carbonyl (C=O) groups excluding carboxylic acids is 2. The van der Waals surface area contributed by atoms with Crippen molar-refractivity contribution in [1.82, 2.24) is 4.90 Å². The number of hydrogen-bond donors (Lipinski definition) is 1. The Morgan fingerprint density at radius 1 is 0.913 bits per heavy atom. The van der Waals surface area contributed by atoms with E-state index in [9.17, 15) is 9.59 Å². The monoisotopic (exact) mass is 313 g/mol. The zero-order valence-electron chi connectivity index (χ0n) is 13.3. The Hall–Kier alpha value is -3.02. The van der Waals surface area contributed by atoms with Gasteiger partial charge in [0, 0.05) is 32.5 Å². The first-order valence-corrected chi connectivity index (χ1v) is 7.06. The van der Waals surface area contributed by atoms with Crippen molar-refractivity contribution in [3.63, 3.8) is 0 Å². The van der Waals surface area contributed by atoms with Crippen LogP contribution in [0.1, 0.15) is 0 Å². The maximum Gasteiger partial charge on any atom is 0.419 e. The lowest BCUT2D eigenvalue weighted by Crippen LogP contribution is -2.29. The summed E-state index contributed by atoms with van der Waals surface area (Å²) in [6.45, 7) is 0. The molecule has 2 aromatic carbocycles. The molecule has 6 nitrogen and oxygen atoms in total. The summed E-state index contributed by atoms with van der Waals surface area (Å²) in [7, 11) is 4.96. The summed E-state index contributed by atoms with van der Waals surface area (Å²) < 4.78 is 5.30. The second kappa shape index (κ2) is 7.31. The number of amides is 3. The summed E-state index contributed by atoms with van der Waals surface area (Å²) in [6.07, 6.45) is -0.485. The zero-order chi connectivity index (χ0) is 16.8. The fourth-order valence-corrected chi connectivity index (χ4v) is 1.77. The van der Waals surface area contributed by atoms with E-state index in [2.05, 4.69) is 5.32 Å². The van der Waals surface area contributed by atoms with Gasteiger partial charge in [-0.3, -0.25) is 4.90 Å². The van der Waals surface area contributed by atoms with Crippen molar-refractivity contribution < 1.29 is 14.3 Å². The molecule has 0 aliphatic rings. The van der Waals surface area contributed by atoms with Gasteiger partial charge in [0.25, 0.3) is 0 Å². The molecule has 0 radical (unpaired) electrons. The normalized spacial score (nSPS) is 9.87. The lowest BCUT2D eigenvalue weighted by atomic mass is 10.3. The molecule has 0 aliphatic heterocycles. The van der Waals surface area contributed by atoms with E-state index >= 15 is 0 Å². The van der Waals surface area contributed by atoms with Crippen LogP contribution >= 0.6 is 0 Å². The van der Waals surface area contributed by atoms with Gasteiger partial charge in [-0.1, -0.05) is 18.2 Å². The number of carbonyl (C=O) groups is 2. The van der Waals surface area contributed by atoms with Crippen LogP contribution in [-0.4, -0.2) is 38.2 Å². The van der Waals surface area contributed by atoms with Crippen LogP contribution in [0.25, 0.3) is 0 Å². The lowest BCUT2D eigenvalue weighted by Gasteiger charge is -2.17. The van der Waals surface area contributed by atoms with Gasteiger partial charge in [0.05, 0.1) is 0 Å². The van der Waals surface area contributed by atoms with Crippen molar-refractivity contribution in [3.8, 4) is 5.75 Å². The number of anilines is 2. The number of benzene rings is 2. The standard InChI is InChI=1S/C17H19N3O3/c1-19(2)16(21)18-13-9-11-15(12-10-13)23-17(22)20(3)14-7-5-4-6-8-14/h4-12H,1-3H3,(H,18,21). The predicted molar refractivity (Wildman–Crippen MR) is 90.0 cm³/mol. The Morgan fingerprint density at radius 3 is 2.09 bits per heavy atom. The second-order valence-corrected chi connectivity index (χ2v) is 5.11. The highest BCUT2D eigenvalue weighted by Gasteiger charge is 2.13. The topological polar surface area (TPSA) is 61.9 Å². The molecule has 0 atom stereocenters. The number of ether oxygens (including phenoxy) is 1. The van der Waals surface area contributed by atoms with Gasteiger partial charge in [-0.15, -0.1) is 0 Å². The van der Waals surface area contributed by atoms with E-state index in [0.717, 1.165) is 5.69 Å². The van der Waals surface area contributed by atoms with E-state index in [4.69, 9.17) is 4.74 Å². The first kappa shape index (κ1) is 16.4. The second-order valence-electron chi connectivity index (χ2n) is 5.11. The van der Waals surface area contributed by atoms with Crippen LogP contribution in [0, 0.1) is 0 Å². The van der Waals surface area contributed by atoms with Crippen LogP contribution in [0.5, 0.6) is 5.75 Å². The quantitative estimate of drug-likeness (QED) is 0.944. The highest BCUT2D eigenvalue weighted by Crippen LogP contribution is 2.18. The number of nitrogens with one attached hydrogen (secondary N) is 1. The van der Waals surface area contributed by atoms with Crippen LogP contribution < -0.4 is 15.0 Å². The molecule has 6 heteroatoms. The van der Waals surface area contributed by atoms with Crippen molar-refractivity contribution in [2.45, 2.75) is 0 Å². The molecule has 2 rings (SSSR count). The Kier molecular flexibility index (Phi) is 5.19. The molecule has 0 unspecified atom stereocenters. The molecular formula is C17H19N3O3. The maximum absolute atomic E-state index is 12.1. The molecule has 0 bridgehead atoms. The molecule has 0 aliphatic carbocycles. The maximum atomic E-state index is 12.1. The van der Waals surface area contributed by atoms with Gasteiger partial charge in [-0.05, 0) is 36.4 Å². The molecule has 0 saturated carbocycles. The third kappa shape index (κ3) is 4.47. The van der Waals surface area contributed by atoms with Gasteiger partial charge < -0.3 is 15.0 Å². The number of rotatable bonds is 3. The zero-order valence-corrected chi connectivity index (χ0v) is 13.3. The molecule has 2 aromatic rings. The van der Waals surface area contributed by atoms with Gasteiger partial charge in [0.1, 0.15) is 5.75 Å². The fraction of sp³-hybridized carbons (Fsp3) is 0.176. The summed E-state index contributed by atoms with van der Waals surface area (Å²) in [4.78, 5) is 26.5. The molecular weight excluding hydrogens is 294 g/mol. The van der Waals surface area contributed by atoms with E-state index in [1.807, 2.05) is 30.3 Å². The van der Waals surface area contributed by atoms with Crippen molar-refractivity contribution in [2.75, 3.05) is 31.4 Å². The summed E-state index contributed by atoms with van der Waals surface area (Å²) in [5, 5.41) is 2.71. The lowest BCUT2D eigenvalue weighted by molar-refractivity contribution is 0.209. The third-order valence-corrected chi connectivity index (χ3v) is 3.13. The van der Waals surface area contributed by atoms with E-state index in [1.165, 1.54) is 9.80 Å². The van der Waals surface area contributed by atoms with Gasteiger partial charge >= 0.3 is 12.1 Å². The van der Waals surface area contributed by atoms with E-state index in [1.54, 1.807) is 45.4 Å². The summed E-state index contributed by atoms with van der Waals surface area (Å²) in [6, 6.07) is 15.6. The van der Waals surface area contributed by atoms with Gasteiger partial charge in [-0.2, -0.15) is 0 Å². The largest absolute Gasteiger partial charge is 0.419 e. The SMILES string of the molecule is CN(C)C(=O)Nc1ccc(OC(=O)N(C)c2ccccc2)cc1. The molecule has 0 fully saturated rings. The van der Waals surface area contributed by atoms with Crippen LogP contribution in [-0.2, 0) is 0 Å². The minimum absolute atomic E-state index is 0.224. The summed E-state index contributed by atoms with van der Waals surface area (Å²) in [5.74, 6) is 0.403. The Balaban J connectivity index is 1.98. The van der Waals surface area contributed by atoms with Gasteiger partial charge in [0.2, 0.25) is 0 Å². The number of nitrogens with zero attached hydrogens (tertiary/aromatic N) is 2. The minimum Gasteiger partial charge on any atom is -0.410 e. The number of para-hydroxylation sites is 1. The average Bonchev–Trinajstić information content (AvgIpc) is 2.56. The van der Waals surface area contributed by atoms with Crippen molar-refractivity contribution in [1.29, 1.82) is 0 Å². The summed E-state index contributed by atoms with van der Waals surface area (Å²) >= 11 is 0. The first-order chi connectivity index (χ1) is 11.0. The van der Waals surface area contributed by atoms with Gasteiger partial charge in [-0.25, -0.2) is 9.59 Å². The molecule has 0 spiro atoms. The van der Waals surface area contributed by atoms with Crippen molar-refractivity contribution in [2.24, 2.45) is 0 Å². The van der Waals surface area contributed by atoms with Crippen LogP contribution in [0.4, 0.5) is 21.0 Å². The Morgan fingerprint density at radius 2 is 1.52 bits per heavy atom. The number of urea groups is 1. The van der Waals surface area contributed by atoms with Crippen molar-refractivity contribution in [3.05, 3.63) is 54.6 Å². The smallest absolute Gasteiger partial charge is 0.410 e. The summed E-state index contributed by atoms with van der Waals surface area (Å²) in [5.41, 5.74) is 1.37. The average molecular weight is 313 g/mol. The van der Waals surface area contributed by atoms with Gasteiger partial charge in [0.15, 0.2) is 0 Å². The minimum atomic E-state index is -0.485. The van der Waals surface area contributed by atoms with Crippen LogP contribution in [0.15, 0.2) is 54.6 Å². The van der Waals surface area contributed by atoms with E-state index in [-0.39, 0.29) is 6.03 Å². The predicted octanol–water partition coefficient (Wildman–Crippen LogP) is 3.42. The Labute approximate surface area is 135 Å². The first-order valence-electron chi connectivity index (χ1n) is 7.06. The molecule has 0 saturated heterocycles.